The highest BCUT2D eigenvalue weighted by Gasteiger charge is 2.17. The fourth-order valence-corrected chi connectivity index (χ4v) is 3.19. The van der Waals surface area contributed by atoms with Crippen LogP contribution in [0.4, 0.5) is 5.95 Å². The second-order valence-corrected chi connectivity index (χ2v) is 6.62. The summed E-state index contributed by atoms with van der Waals surface area (Å²) in [4.78, 5) is 20.7. The van der Waals surface area contributed by atoms with Crippen molar-refractivity contribution in [2.45, 2.75) is 51.0 Å². The van der Waals surface area contributed by atoms with Gasteiger partial charge in [0.25, 0.3) is 5.91 Å². The van der Waals surface area contributed by atoms with E-state index < -0.39 is 0 Å². The van der Waals surface area contributed by atoms with Crippen LogP contribution in [0.5, 0.6) is 0 Å². The first-order valence-corrected chi connectivity index (χ1v) is 9.22. The van der Waals surface area contributed by atoms with E-state index in [0.717, 1.165) is 32.2 Å². The van der Waals surface area contributed by atoms with Crippen molar-refractivity contribution in [3.8, 4) is 0 Å². The van der Waals surface area contributed by atoms with Gasteiger partial charge < -0.3 is 10.6 Å². The highest BCUT2D eigenvalue weighted by atomic mass is 16.1. The Hall–Kier alpha value is -2.43. The van der Waals surface area contributed by atoms with E-state index in [1.807, 2.05) is 6.07 Å². The van der Waals surface area contributed by atoms with Gasteiger partial charge in [-0.1, -0.05) is 49.6 Å². The van der Waals surface area contributed by atoms with E-state index >= 15 is 0 Å². The van der Waals surface area contributed by atoms with Crippen molar-refractivity contribution in [3.63, 3.8) is 0 Å². The predicted molar refractivity (Wildman–Crippen MR) is 99.6 cm³/mol. The molecule has 0 aliphatic heterocycles. The summed E-state index contributed by atoms with van der Waals surface area (Å²) in [6.07, 6.45) is 11.1. The van der Waals surface area contributed by atoms with Gasteiger partial charge in [0.1, 0.15) is 0 Å². The molecule has 1 heterocycles. The number of hydrogen-bond acceptors (Lipinski definition) is 4. The summed E-state index contributed by atoms with van der Waals surface area (Å²) in [5.41, 5.74) is 1.86. The number of hydrogen-bond donors (Lipinski definition) is 2. The van der Waals surface area contributed by atoms with Crippen LogP contribution in [0.3, 0.4) is 0 Å². The van der Waals surface area contributed by atoms with Crippen molar-refractivity contribution in [3.05, 3.63) is 53.9 Å². The molecule has 0 radical (unpaired) electrons. The lowest BCUT2D eigenvalue weighted by molar-refractivity contribution is 0.0927. The molecule has 1 aliphatic rings. The van der Waals surface area contributed by atoms with E-state index in [4.69, 9.17) is 0 Å². The predicted octanol–water partition coefficient (Wildman–Crippen LogP) is 3.58. The minimum Gasteiger partial charge on any atom is -0.354 e. The number of carbonyl (C=O) groups excluding carboxylic acids is 1. The maximum absolute atomic E-state index is 12.2. The zero-order valence-electron chi connectivity index (χ0n) is 14.6. The number of carbonyl (C=O) groups is 1. The number of benzene rings is 1. The topological polar surface area (TPSA) is 66.9 Å². The maximum Gasteiger partial charge on any atom is 0.254 e. The molecule has 0 atom stereocenters. The fraction of sp³-hybridized carbons (Fsp3) is 0.450. The van der Waals surface area contributed by atoms with E-state index in [9.17, 15) is 4.79 Å². The lowest BCUT2D eigenvalue weighted by atomic mass is 9.95. The molecule has 5 nitrogen and oxygen atoms in total. The van der Waals surface area contributed by atoms with Gasteiger partial charge in [0.05, 0.1) is 5.56 Å². The quantitative estimate of drug-likeness (QED) is 0.757. The van der Waals surface area contributed by atoms with Gasteiger partial charge in [-0.3, -0.25) is 4.79 Å². The molecule has 1 fully saturated rings. The number of nitrogens with zero attached hydrogens (tertiary/aromatic N) is 2. The highest BCUT2D eigenvalue weighted by molar-refractivity contribution is 5.93. The lowest BCUT2D eigenvalue weighted by Crippen LogP contribution is -2.36. The van der Waals surface area contributed by atoms with Crippen LogP contribution in [-0.4, -0.2) is 28.5 Å². The molecule has 1 aliphatic carbocycles. The largest absolute Gasteiger partial charge is 0.354 e. The molecule has 1 aromatic heterocycles. The standard InChI is InChI=1S/C20H26N4O/c25-19(24-18-11-5-2-6-12-18)17-14-22-20(23-15-17)21-13-7-10-16-8-3-1-4-9-16/h1,3-4,8-9,14-15,18H,2,5-7,10-13H2,(H,24,25)(H,21,22,23). The molecule has 132 valence electrons. The molecule has 2 aromatic rings. The van der Waals surface area contributed by atoms with E-state index in [-0.39, 0.29) is 5.91 Å². The highest BCUT2D eigenvalue weighted by Crippen LogP contribution is 2.17. The Morgan fingerprint density at radius 3 is 2.48 bits per heavy atom. The average Bonchev–Trinajstić information content (AvgIpc) is 2.67. The van der Waals surface area contributed by atoms with Crippen LogP contribution in [-0.2, 0) is 6.42 Å². The summed E-state index contributed by atoms with van der Waals surface area (Å²) in [5, 5.41) is 6.29. The van der Waals surface area contributed by atoms with Crippen molar-refractivity contribution in [2.24, 2.45) is 0 Å². The van der Waals surface area contributed by atoms with Gasteiger partial charge in [-0.25, -0.2) is 9.97 Å². The molecule has 0 saturated heterocycles. The van der Waals surface area contributed by atoms with Crippen LogP contribution >= 0.6 is 0 Å². The van der Waals surface area contributed by atoms with Crippen molar-refractivity contribution in [1.29, 1.82) is 0 Å². The number of nitrogens with one attached hydrogen (secondary N) is 2. The molecular formula is C20H26N4O. The van der Waals surface area contributed by atoms with Gasteiger partial charge in [-0.05, 0) is 31.2 Å². The summed E-state index contributed by atoms with van der Waals surface area (Å²) in [7, 11) is 0. The summed E-state index contributed by atoms with van der Waals surface area (Å²) >= 11 is 0. The number of aromatic nitrogens is 2. The van der Waals surface area contributed by atoms with Gasteiger partial charge in [0.2, 0.25) is 5.95 Å². The Morgan fingerprint density at radius 1 is 1.04 bits per heavy atom. The molecule has 1 saturated carbocycles. The van der Waals surface area contributed by atoms with Crippen molar-refractivity contribution in [1.82, 2.24) is 15.3 Å². The van der Waals surface area contributed by atoms with E-state index in [1.165, 1.54) is 24.8 Å². The molecule has 0 unspecified atom stereocenters. The van der Waals surface area contributed by atoms with Crippen LogP contribution in [0, 0.1) is 0 Å². The second-order valence-electron chi connectivity index (χ2n) is 6.62. The van der Waals surface area contributed by atoms with Crippen LogP contribution in [0.1, 0.15) is 54.4 Å². The van der Waals surface area contributed by atoms with Gasteiger partial charge >= 0.3 is 0 Å². The summed E-state index contributed by atoms with van der Waals surface area (Å²) in [5.74, 6) is 0.504. The van der Waals surface area contributed by atoms with E-state index in [1.54, 1.807) is 12.4 Å². The van der Waals surface area contributed by atoms with Gasteiger partial charge in [0.15, 0.2) is 0 Å². The zero-order valence-corrected chi connectivity index (χ0v) is 14.6. The Kier molecular flexibility index (Phi) is 6.37. The Bertz CT molecular complexity index is 651. The Labute approximate surface area is 149 Å². The first-order chi connectivity index (χ1) is 12.3. The molecular weight excluding hydrogens is 312 g/mol. The number of anilines is 1. The molecule has 1 amide bonds. The normalized spacial score (nSPS) is 14.9. The summed E-state index contributed by atoms with van der Waals surface area (Å²) in [6.45, 7) is 0.808. The third-order valence-electron chi connectivity index (χ3n) is 4.62. The second kappa shape index (κ2) is 9.16. The smallest absolute Gasteiger partial charge is 0.254 e. The molecule has 0 bridgehead atoms. The van der Waals surface area contributed by atoms with Crippen molar-refractivity contribution < 1.29 is 4.79 Å². The first-order valence-electron chi connectivity index (χ1n) is 9.22. The minimum atomic E-state index is -0.0671. The van der Waals surface area contributed by atoms with Gasteiger partial charge in [-0.15, -0.1) is 0 Å². The summed E-state index contributed by atoms with van der Waals surface area (Å²) < 4.78 is 0. The van der Waals surface area contributed by atoms with Crippen LogP contribution in [0.15, 0.2) is 42.7 Å². The molecule has 2 N–H and O–H groups in total. The molecule has 0 spiro atoms. The number of amides is 1. The number of rotatable bonds is 7. The first kappa shape index (κ1) is 17.4. The van der Waals surface area contributed by atoms with E-state index in [2.05, 4.69) is 44.9 Å². The Morgan fingerprint density at radius 2 is 1.76 bits per heavy atom. The van der Waals surface area contributed by atoms with E-state index in [0.29, 0.717) is 17.6 Å². The molecule has 5 heteroatoms. The number of aryl methyl sites for hydroxylation is 1. The average molecular weight is 338 g/mol. The third kappa shape index (κ3) is 5.55. The third-order valence-corrected chi connectivity index (χ3v) is 4.62. The molecule has 3 rings (SSSR count). The fourth-order valence-electron chi connectivity index (χ4n) is 3.19. The van der Waals surface area contributed by atoms with Crippen LogP contribution in [0.2, 0.25) is 0 Å². The molecule has 1 aromatic carbocycles. The van der Waals surface area contributed by atoms with Crippen LogP contribution < -0.4 is 10.6 Å². The lowest BCUT2D eigenvalue weighted by Gasteiger charge is -2.22. The summed E-state index contributed by atoms with van der Waals surface area (Å²) in [6, 6.07) is 10.7. The minimum absolute atomic E-state index is 0.0671. The molecule has 25 heavy (non-hydrogen) atoms. The monoisotopic (exact) mass is 338 g/mol. The Balaban J connectivity index is 1.41. The van der Waals surface area contributed by atoms with Crippen molar-refractivity contribution >= 4 is 11.9 Å². The maximum atomic E-state index is 12.2. The zero-order chi connectivity index (χ0) is 17.3. The van der Waals surface area contributed by atoms with Crippen molar-refractivity contribution in [2.75, 3.05) is 11.9 Å². The van der Waals surface area contributed by atoms with Gasteiger partial charge in [-0.2, -0.15) is 0 Å². The SMILES string of the molecule is O=C(NC1CCCCC1)c1cnc(NCCCc2ccccc2)nc1. The van der Waals surface area contributed by atoms with Crippen LogP contribution in [0.25, 0.3) is 0 Å². The van der Waals surface area contributed by atoms with Gasteiger partial charge in [0, 0.05) is 25.0 Å².